The second-order valence-corrected chi connectivity index (χ2v) is 23.4. The molecule has 2 aliphatic carbocycles. The Morgan fingerprint density at radius 3 is 0.853 bits per heavy atom. The normalized spacial score (nSPS) is 19.0. The zero-order valence-corrected chi connectivity index (χ0v) is 52.6. The number of ether oxygens (including phenoxy) is 11. The van der Waals surface area contributed by atoms with Crippen LogP contribution < -0.4 is 52.1 Å². The Bertz CT molecular complexity index is 4510. The van der Waals surface area contributed by atoms with Gasteiger partial charge in [0.05, 0.1) is 11.8 Å². The van der Waals surface area contributed by atoms with Gasteiger partial charge in [-0.1, -0.05) is 48.5 Å². The quantitative estimate of drug-likeness (QED) is 0.0782. The summed E-state index contributed by atoms with van der Waals surface area (Å²) in [6.07, 6.45) is -2.10. The van der Waals surface area contributed by atoms with Crippen molar-refractivity contribution in [3.05, 3.63) is 212 Å². The Hall–Kier alpha value is -11.6. The molecular weight excluding hydrogens is 1220 g/mol. The van der Waals surface area contributed by atoms with Crippen LogP contribution in [0.2, 0.25) is 0 Å². The first-order chi connectivity index (χ1) is 45.3. The number of hydrogen-bond donors (Lipinski definition) is 1. The lowest BCUT2D eigenvalue weighted by atomic mass is 9.62. The third-order valence-corrected chi connectivity index (χ3v) is 16.7. The number of benzene rings is 8. The molecule has 0 bridgehead atoms. The highest BCUT2D eigenvalue weighted by atomic mass is 16.6. The molecule has 4 aliphatic rings. The van der Waals surface area contributed by atoms with Crippen molar-refractivity contribution in [1.82, 2.24) is 0 Å². The van der Waals surface area contributed by atoms with E-state index in [1.807, 2.05) is 0 Å². The summed E-state index contributed by atoms with van der Waals surface area (Å²) in [7, 11) is 0. The van der Waals surface area contributed by atoms with Gasteiger partial charge >= 0.3 is 53.7 Å². The SMILES string of the molecule is CC(=O)Oc1ccc([C@@H]2c3c(OC(C)=O)cc(OC(C)=O)cc3[C@@H]3c4c(cc(OC(C)=O)cc4[C@H]2[C@@H]2c4cc(OC(C)=O)cc5c4[C@@H](c4cc(OC(C)=O)cc(OC(C)=O)c4[C@H]2c2ccc(O)cc2)[C@H](c2ccc(OC(C)=O)cc2)O5)O[C@H]3c2ccc(OC(C)=O)cc2)cc1. The lowest BCUT2D eigenvalue weighted by Gasteiger charge is -2.41. The smallest absolute Gasteiger partial charge is 0.308 e. The van der Waals surface area contributed by atoms with Crippen LogP contribution in [-0.2, 0) is 43.2 Å². The van der Waals surface area contributed by atoms with E-state index < -0.39 is 101 Å². The first kappa shape index (κ1) is 63.5. The van der Waals surface area contributed by atoms with E-state index in [2.05, 4.69) is 0 Å². The first-order valence-electron chi connectivity index (χ1n) is 30.1. The van der Waals surface area contributed by atoms with Gasteiger partial charge in [0.1, 0.15) is 81.2 Å². The second kappa shape index (κ2) is 25.5. The van der Waals surface area contributed by atoms with Crippen LogP contribution >= 0.6 is 0 Å². The zero-order valence-electron chi connectivity index (χ0n) is 52.6. The predicted molar refractivity (Wildman–Crippen MR) is 335 cm³/mol. The molecule has 8 aromatic carbocycles. The molecule has 0 fully saturated rings. The summed E-state index contributed by atoms with van der Waals surface area (Å²) in [6, 6.07) is 39.0. The van der Waals surface area contributed by atoms with Crippen LogP contribution in [0.15, 0.2) is 146 Å². The number of fused-ring (bicyclic) bond motifs is 4. The minimum absolute atomic E-state index is 0.00998. The van der Waals surface area contributed by atoms with Gasteiger partial charge in [-0.2, -0.15) is 0 Å². The molecule has 0 saturated heterocycles. The molecular formula is C74H60O21. The van der Waals surface area contributed by atoms with E-state index in [0.29, 0.717) is 66.8 Å². The second-order valence-electron chi connectivity index (χ2n) is 23.4. The third-order valence-electron chi connectivity index (χ3n) is 16.7. The molecule has 2 heterocycles. The molecule has 482 valence electrons. The van der Waals surface area contributed by atoms with Crippen molar-refractivity contribution in [2.75, 3.05) is 0 Å². The van der Waals surface area contributed by atoms with Crippen molar-refractivity contribution in [3.8, 4) is 69.0 Å². The molecule has 0 aromatic heterocycles. The fraction of sp³-hybridized carbons (Fsp3) is 0.230. The van der Waals surface area contributed by atoms with Gasteiger partial charge in [-0.05, 0) is 117 Å². The van der Waals surface area contributed by atoms with Crippen LogP contribution in [0.25, 0.3) is 0 Å². The number of carbonyl (C=O) groups is 9. The highest BCUT2D eigenvalue weighted by molar-refractivity contribution is 5.80. The summed E-state index contributed by atoms with van der Waals surface area (Å²) in [5, 5.41) is 11.3. The van der Waals surface area contributed by atoms with E-state index in [1.165, 1.54) is 86.6 Å². The fourth-order valence-corrected chi connectivity index (χ4v) is 14.0. The van der Waals surface area contributed by atoms with Gasteiger partial charge in [-0.25, -0.2) is 0 Å². The highest BCUT2D eigenvalue weighted by Crippen LogP contribution is 2.70. The molecule has 1 N–H and O–H groups in total. The number of hydrogen-bond acceptors (Lipinski definition) is 21. The van der Waals surface area contributed by atoms with E-state index >= 15 is 0 Å². The van der Waals surface area contributed by atoms with E-state index in [0.717, 1.165) is 0 Å². The predicted octanol–water partition coefficient (Wildman–Crippen LogP) is 12.4. The fourth-order valence-electron chi connectivity index (χ4n) is 14.0. The van der Waals surface area contributed by atoms with E-state index in [4.69, 9.17) is 52.1 Å². The number of carbonyl (C=O) groups excluding carboxylic acids is 9. The van der Waals surface area contributed by atoms with Crippen LogP contribution in [0.1, 0.15) is 177 Å². The maximum atomic E-state index is 14.0. The van der Waals surface area contributed by atoms with Crippen LogP contribution in [0.3, 0.4) is 0 Å². The summed E-state index contributed by atoms with van der Waals surface area (Å²) in [5.41, 5.74) is 5.27. The Kier molecular flexibility index (Phi) is 17.0. The Labute approximate surface area is 543 Å². The topological polar surface area (TPSA) is 275 Å². The Morgan fingerprint density at radius 2 is 0.547 bits per heavy atom. The molecule has 21 heteroatoms. The standard InChI is InChI=1S/C74H60O21/c1-34(75)85-48-20-12-44(13-21-48)64-66-58(29-54(91-40(7)81)31-60(66)93-42(9)83)72-68-56(27-52(89-38(5)79)33-62(68)95-74(72)46-16-24-50(25-17-46)87-36(3)77)70(64)69-55-26-51(88-37(4)78)32-61-67(55)71(73(94-61)45-14-22-49(23-15-45)86-35(2)76)57-28-53(90-39(6)80)30-59(92-41(8)82)65(57)63(69)43-10-18-47(84)19-11-43/h10-33,63-64,69-74,84H,1-9H3/t63-,64-,69-,70-,71-,72-,73+,74+/m1/s1. The summed E-state index contributed by atoms with van der Waals surface area (Å²) < 4.78 is 68.1. The molecule has 2 aliphatic heterocycles. The molecule has 0 spiro atoms. The molecule has 8 atom stereocenters. The van der Waals surface area contributed by atoms with Crippen molar-refractivity contribution >= 4 is 53.7 Å². The third kappa shape index (κ3) is 12.7. The molecule has 21 nitrogen and oxygen atoms in total. The van der Waals surface area contributed by atoms with Crippen molar-refractivity contribution in [2.24, 2.45) is 0 Å². The summed E-state index contributed by atoms with van der Waals surface area (Å²) >= 11 is 0. The number of aromatic hydroxyl groups is 1. The average molecular weight is 1290 g/mol. The van der Waals surface area contributed by atoms with Crippen molar-refractivity contribution < 1.29 is 100 Å². The van der Waals surface area contributed by atoms with Crippen LogP contribution in [-0.4, -0.2) is 58.8 Å². The lowest BCUT2D eigenvalue weighted by Crippen LogP contribution is -2.27. The van der Waals surface area contributed by atoms with Gasteiger partial charge in [0, 0.05) is 133 Å². The largest absolute Gasteiger partial charge is 0.508 e. The van der Waals surface area contributed by atoms with Crippen LogP contribution in [0.4, 0.5) is 0 Å². The minimum Gasteiger partial charge on any atom is -0.508 e. The average Bonchev–Trinajstić information content (AvgIpc) is 1.55. The minimum atomic E-state index is -1.20. The van der Waals surface area contributed by atoms with Crippen molar-refractivity contribution in [3.63, 3.8) is 0 Å². The van der Waals surface area contributed by atoms with Gasteiger partial charge in [0.2, 0.25) is 0 Å². The monoisotopic (exact) mass is 1280 g/mol. The molecule has 0 radical (unpaired) electrons. The Balaban J connectivity index is 1.31. The van der Waals surface area contributed by atoms with Crippen molar-refractivity contribution in [2.45, 2.75) is 110 Å². The first-order valence-corrected chi connectivity index (χ1v) is 30.1. The Morgan fingerprint density at radius 1 is 0.284 bits per heavy atom. The zero-order chi connectivity index (χ0) is 67.4. The number of rotatable bonds is 14. The molecule has 0 unspecified atom stereocenters. The number of phenolic OH excluding ortho intramolecular Hbond substituents is 1. The van der Waals surface area contributed by atoms with Crippen LogP contribution in [0.5, 0.6) is 69.0 Å². The number of esters is 9. The summed E-state index contributed by atoms with van der Waals surface area (Å²) in [6.45, 7) is 11.1. The maximum absolute atomic E-state index is 14.0. The van der Waals surface area contributed by atoms with E-state index in [9.17, 15) is 48.3 Å². The molecule has 0 saturated carbocycles. The van der Waals surface area contributed by atoms with Gasteiger partial charge in [-0.15, -0.1) is 0 Å². The van der Waals surface area contributed by atoms with Gasteiger partial charge in [0.15, 0.2) is 0 Å². The highest BCUT2D eigenvalue weighted by Gasteiger charge is 2.56. The molecule has 95 heavy (non-hydrogen) atoms. The van der Waals surface area contributed by atoms with E-state index in [1.54, 1.807) is 121 Å². The van der Waals surface area contributed by atoms with Gasteiger partial charge < -0.3 is 57.2 Å². The summed E-state index contributed by atoms with van der Waals surface area (Å²) in [5.74, 6) is -12.3. The van der Waals surface area contributed by atoms with Crippen molar-refractivity contribution in [1.29, 1.82) is 0 Å². The van der Waals surface area contributed by atoms with Gasteiger partial charge in [-0.3, -0.25) is 43.2 Å². The van der Waals surface area contributed by atoms with Crippen LogP contribution in [0, 0.1) is 0 Å². The maximum Gasteiger partial charge on any atom is 0.308 e. The molecule has 0 amide bonds. The van der Waals surface area contributed by atoms with Gasteiger partial charge in [0.25, 0.3) is 0 Å². The molecule has 8 aromatic rings. The lowest BCUT2D eigenvalue weighted by molar-refractivity contribution is -0.133. The molecule has 12 rings (SSSR count). The number of phenols is 1. The van der Waals surface area contributed by atoms with E-state index in [-0.39, 0.29) is 69.0 Å². The summed E-state index contributed by atoms with van der Waals surface area (Å²) in [4.78, 5) is 119.